The van der Waals surface area contributed by atoms with Crippen LogP contribution in [0.4, 0.5) is 0 Å². The van der Waals surface area contributed by atoms with E-state index in [4.69, 9.17) is 0 Å². The van der Waals surface area contributed by atoms with E-state index < -0.39 is 0 Å². The van der Waals surface area contributed by atoms with E-state index in [0.29, 0.717) is 11.8 Å². The molecule has 1 heterocycles. The van der Waals surface area contributed by atoms with E-state index in [1.54, 1.807) is 0 Å². The highest BCUT2D eigenvalue weighted by atomic mass is 16.1. The van der Waals surface area contributed by atoms with Gasteiger partial charge in [-0.05, 0) is 48.6 Å². The van der Waals surface area contributed by atoms with Gasteiger partial charge in [-0.25, -0.2) is 0 Å². The minimum absolute atomic E-state index is 0.255. The summed E-state index contributed by atoms with van der Waals surface area (Å²) >= 11 is 0. The quantitative estimate of drug-likeness (QED) is 0.794. The molecule has 0 atom stereocenters. The van der Waals surface area contributed by atoms with Gasteiger partial charge in [0, 0.05) is 32.0 Å². The summed E-state index contributed by atoms with van der Waals surface area (Å²) in [4.78, 5) is 14.1. The first-order valence-electron chi connectivity index (χ1n) is 10.1. The van der Waals surface area contributed by atoms with Crippen LogP contribution in [0, 0.1) is 0 Å². The van der Waals surface area contributed by atoms with Crippen LogP contribution >= 0.6 is 0 Å². The van der Waals surface area contributed by atoms with E-state index in [0.717, 1.165) is 32.4 Å². The van der Waals surface area contributed by atoms with Gasteiger partial charge >= 0.3 is 0 Å². The van der Waals surface area contributed by atoms with Gasteiger partial charge in [-0.1, -0.05) is 60.7 Å². The molecule has 1 saturated carbocycles. The Labute approximate surface area is 157 Å². The molecular weight excluding hydrogens is 318 g/mol. The summed E-state index contributed by atoms with van der Waals surface area (Å²) in [6, 6.07) is 22.8. The molecular formula is C24H29NO. The van der Waals surface area contributed by atoms with E-state index in [1.165, 1.54) is 36.8 Å². The minimum atomic E-state index is 0.255. The summed E-state index contributed by atoms with van der Waals surface area (Å²) < 4.78 is 0. The minimum Gasteiger partial charge on any atom is -0.300 e. The molecule has 26 heavy (non-hydrogen) atoms. The zero-order valence-electron chi connectivity index (χ0n) is 15.6. The number of piperidine rings is 1. The molecule has 0 bridgehead atoms. The summed E-state index contributed by atoms with van der Waals surface area (Å²) in [6.45, 7) is 1.95. The number of carbonyl (C=O) groups excluding carboxylic acids is 1. The third-order valence-corrected chi connectivity index (χ3v) is 6.56. The molecule has 1 saturated heterocycles. The lowest BCUT2D eigenvalue weighted by atomic mass is 9.65. The SMILES string of the molecule is O=C1CCN(C2CCC(Cc3ccccc3)(c3ccccc3)CC2)CC1. The maximum Gasteiger partial charge on any atom is 0.135 e. The molecule has 2 nitrogen and oxygen atoms in total. The Bertz CT molecular complexity index is 706. The third kappa shape index (κ3) is 3.76. The van der Waals surface area contributed by atoms with Gasteiger partial charge in [-0.2, -0.15) is 0 Å². The Morgan fingerprint density at radius 2 is 1.42 bits per heavy atom. The zero-order chi connectivity index (χ0) is 17.8. The average molecular weight is 348 g/mol. The molecule has 0 aromatic heterocycles. The summed E-state index contributed by atoms with van der Waals surface area (Å²) in [5, 5.41) is 0. The predicted octanol–water partition coefficient (Wildman–Crippen LogP) is 4.77. The summed E-state index contributed by atoms with van der Waals surface area (Å²) in [6.07, 6.45) is 7.60. The molecule has 1 aliphatic carbocycles. The molecule has 2 heteroatoms. The van der Waals surface area contributed by atoms with Gasteiger partial charge in [-0.3, -0.25) is 9.69 Å². The topological polar surface area (TPSA) is 20.3 Å². The Morgan fingerprint density at radius 3 is 2.04 bits per heavy atom. The second kappa shape index (κ2) is 7.75. The highest BCUT2D eigenvalue weighted by Gasteiger charge is 2.38. The Morgan fingerprint density at radius 1 is 0.846 bits per heavy atom. The van der Waals surface area contributed by atoms with Crippen LogP contribution in [0.15, 0.2) is 60.7 Å². The van der Waals surface area contributed by atoms with Gasteiger partial charge < -0.3 is 0 Å². The number of rotatable bonds is 4. The highest BCUT2D eigenvalue weighted by Crippen LogP contribution is 2.43. The molecule has 0 spiro atoms. The first-order valence-corrected chi connectivity index (χ1v) is 10.1. The molecule has 0 N–H and O–H groups in total. The van der Waals surface area contributed by atoms with E-state index in [1.807, 2.05) is 0 Å². The van der Waals surface area contributed by atoms with Crippen molar-refractivity contribution in [1.29, 1.82) is 0 Å². The number of ketones is 1. The molecule has 136 valence electrons. The summed E-state index contributed by atoms with van der Waals surface area (Å²) in [7, 11) is 0. The largest absolute Gasteiger partial charge is 0.300 e. The van der Waals surface area contributed by atoms with Crippen molar-refractivity contribution in [2.24, 2.45) is 0 Å². The number of likely N-dealkylation sites (tertiary alicyclic amines) is 1. The number of hydrogen-bond acceptors (Lipinski definition) is 2. The fraction of sp³-hybridized carbons (Fsp3) is 0.458. The molecule has 0 unspecified atom stereocenters. The molecule has 2 fully saturated rings. The van der Waals surface area contributed by atoms with Gasteiger partial charge in [0.05, 0.1) is 0 Å². The fourth-order valence-corrected chi connectivity index (χ4v) is 5.00. The van der Waals surface area contributed by atoms with Crippen LogP contribution in [0.2, 0.25) is 0 Å². The van der Waals surface area contributed by atoms with Crippen LogP contribution < -0.4 is 0 Å². The standard InChI is InChI=1S/C24H29NO/c26-23-13-17-25(18-14-23)22-11-15-24(16-12-22,21-9-5-2-6-10-21)19-20-7-3-1-4-8-20/h1-10,22H,11-19H2. The number of benzene rings is 2. The van der Waals surface area contributed by atoms with E-state index in [-0.39, 0.29) is 5.41 Å². The molecule has 2 aromatic rings. The molecule has 0 amide bonds. The Balaban J connectivity index is 1.51. The Hall–Kier alpha value is -1.93. The fourth-order valence-electron chi connectivity index (χ4n) is 5.00. The molecule has 4 rings (SSSR count). The van der Waals surface area contributed by atoms with Gasteiger partial charge in [0.2, 0.25) is 0 Å². The monoisotopic (exact) mass is 347 g/mol. The van der Waals surface area contributed by atoms with E-state index >= 15 is 0 Å². The predicted molar refractivity (Wildman–Crippen MR) is 106 cm³/mol. The van der Waals surface area contributed by atoms with Crippen LogP contribution in [0.3, 0.4) is 0 Å². The van der Waals surface area contributed by atoms with Crippen LogP contribution in [-0.4, -0.2) is 29.8 Å². The van der Waals surface area contributed by atoms with Gasteiger partial charge in [0.1, 0.15) is 5.78 Å². The Kier molecular flexibility index (Phi) is 5.21. The zero-order valence-corrected chi connectivity index (χ0v) is 15.6. The lowest BCUT2D eigenvalue weighted by Gasteiger charge is -2.45. The summed E-state index contributed by atoms with van der Waals surface area (Å²) in [5.74, 6) is 0.444. The lowest BCUT2D eigenvalue weighted by molar-refractivity contribution is -0.122. The van der Waals surface area contributed by atoms with Crippen molar-refractivity contribution in [3.63, 3.8) is 0 Å². The van der Waals surface area contributed by atoms with Crippen molar-refractivity contribution in [1.82, 2.24) is 4.90 Å². The first kappa shape index (κ1) is 17.5. The second-order valence-corrected chi connectivity index (χ2v) is 8.11. The van der Waals surface area contributed by atoms with Crippen molar-refractivity contribution in [3.05, 3.63) is 71.8 Å². The lowest BCUT2D eigenvalue weighted by Crippen LogP contribution is -2.46. The van der Waals surface area contributed by atoms with Gasteiger partial charge in [0.15, 0.2) is 0 Å². The number of Topliss-reactive ketones (excluding diaryl/α,β-unsaturated/α-hetero) is 1. The van der Waals surface area contributed by atoms with E-state index in [2.05, 4.69) is 65.6 Å². The van der Waals surface area contributed by atoms with Gasteiger partial charge in [-0.15, -0.1) is 0 Å². The van der Waals surface area contributed by atoms with Crippen molar-refractivity contribution in [2.75, 3.05) is 13.1 Å². The van der Waals surface area contributed by atoms with Crippen LogP contribution in [0.1, 0.15) is 49.7 Å². The smallest absolute Gasteiger partial charge is 0.135 e. The van der Waals surface area contributed by atoms with Crippen LogP contribution in [0.5, 0.6) is 0 Å². The first-order chi connectivity index (χ1) is 12.8. The molecule has 2 aromatic carbocycles. The van der Waals surface area contributed by atoms with E-state index in [9.17, 15) is 4.79 Å². The van der Waals surface area contributed by atoms with Gasteiger partial charge in [0.25, 0.3) is 0 Å². The van der Waals surface area contributed by atoms with Crippen molar-refractivity contribution >= 4 is 5.78 Å². The van der Waals surface area contributed by atoms with Crippen LogP contribution in [0.25, 0.3) is 0 Å². The molecule has 2 aliphatic rings. The highest BCUT2D eigenvalue weighted by molar-refractivity contribution is 5.79. The maximum absolute atomic E-state index is 11.6. The normalized spacial score (nSPS) is 27.4. The molecule has 1 aliphatic heterocycles. The summed E-state index contributed by atoms with van der Waals surface area (Å²) in [5.41, 5.74) is 3.19. The average Bonchev–Trinajstić information content (AvgIpc) is 2.71. The number of hydrogen-bond donors (Lipinski definition) is 0. The maximum atomic E-state index is 11.6. The van der Waals surface area contributed by atoms with Crippen molar-refractivity contribution in [3.8, 4) is 0 Å². The van der Waals surface area contributed by atoms with Crippen LogP contribution in [-0.2, 0) is 16.6 Å². The van der Waals surface area contributed by atoms with Crippen molar-refractivity contribution < 1.29 is 4.79 Å². The molecule has 0 radical (unpaired) electrons. The number of carbonyl (C=O) groups is 1. The van der Waals surface area contributed by atoms with Crippen molar-refractivity contribution in [2.45, 2.75) is 56.4 Å². The third-order valence-electron chi connectivity index (χ3n) is 6.56. The number of nitrogens with zero attached hydrogens (tertiary/aromatic N) is 1. The second-order valence-electron chi connectivity index (χ2n) is 8.11.